The summed E-state index contributed by atoms with van der Waals surface area (Å²) >= 11 is 6.27. The number of amides is 1. The number of allylic oxidation sites excluding steroid dienone is 1. The van der Waals surface area contributed by atoms with Crippen LogP contribution in [0.15, 0.2) is 49.2 Å². The Morgan fingerprint density at radius 3 is 2.68 bits per heavy atom. The highest BCUT2D eigenvalue weighted by Gasteiger charge is 2.32. The predicted octanol–water partition coefficient (Wildman–Crippen LogP) is 5.77. The number of ether oxygens (including phenoxy) is 1. The van der Waals surface area contributed by atoms with E-state index in [1.165, 1.54) is 5.56 Å². The average Bonchev–Trinajstić information content (AvgIpc) is 2.70. The number of carbonyl (C=O) groups is 1. The van der Waals surface area contributed by atoms with Crippen molar-refractivity contribution in [2.45, 2.75) is 32.6 Å². The first-order valence-corrected chi connectivity index (χ1v) is 10.2. The van der Waals surface area contributed by atoms with E-state index in [9.17, 15) is 4.79 Å². The van der Waals surface area contributed by atoms with Crippen LogP contribution in [0.5, 0.6) is 0 Å². The Morgan fingerprint density at radius 1 is 1.32 bits per heavy atom. The Hall–Kier alpha value is -2.33. The van der Waals surface area contributed by atoms with Crippen LogP contribution in [0.25, 0.3) is 5.57 Å². The van der Waals surface area contributed by atoms with Gasteiger partial charge in [0, 0.05) is 35.9 Å². The molecule has 1 aromatic carbocycles. The van der Waals surface area contributed by atoms with Crippen LogP contribution in [0, 0.1) is 5.92 Å². The van der Waals surface area contributed by atoms with E-state index in [0.717, 1.165) is 29.7 Å². The third-order valence-corrected chi connectivity index (χ3v) is 5.59. The van der Waals surface area contributed by atoms with Gasteiger partial charge in [-0.25, -0.2) is 4.79 Å². The molecule has 4 nitrogen and oxygen atoms in total. The Balaban J connectivity index is 1.93. The number of pyridine rings is 1. The number of nitrogens with zero attached hydrogens (tertiary/aromatic N) is 2. The second-order valence-corrected chi connectivity index (χ2v) is 7.70. The molecule has 3 rings (SSSR count). The lowest BCUT2D eigenvalue weighted by atomic mass is 9.76. The quantitative estimate of drug-likeness (QED) is 0.642. The highest BCUT2D eigenvalue weighted by atomic mass is 35.5. The molecule has 1 aliphatic rings. The van der Waals surface area contributed by atoms with Gasteiger partial charge in [0.15, 0.2) is 0 Å². The lowest BCUT2D eigenvalue weighted by molar-refractivity contribution is 0.0900. The topological polar surface area (TPSA) is 42.4 Å². The molecule has 0 saturated carbocycles. The van der Waals surface area contributed by atoms with Gasteiger partial charge >= 0.3 is 6.09 Å². The second-order valence-electron chi connectivity index (χ2n) is 7.27. The van der Waals surface area contributed by atoms with Gasteiger partial charge in [-0.3, -0.25) is 4.98 Å². The van der Waals surface area contributed by atoms with Crippen molar-refractivity contribution < 1.29 is 9.53 Å². The number of halogens is 1. The summed E-state index contributed by atoms with van der Waals surface area (Å²) in [4.78, 5) is 18.5. The minimum Gasteiger partial charge on any atom is -0.450 e. The Bertz CT molecular complexity index is 830. The normalized spacial score (nSPS) is 15.9. The maximum atomic E-state index is 12.1. The zero-order valence-corrected chi connectivity index (χ0v) is 17.3. The molecule has 1 aromatic heterocycles. The zero-order chi connectivity index (χ0) is 20.1. The van der Waals surface area contributed by atoms with E-state index in [-0.39, 0.29) is 12.0 Å². The van der Waals surface area contributed by atoms with Crippen molar-refractivity contribution in [3.63, 3.8) is 0 Å². The van der Waals surface area contributed by atoms with Crippen LogP contribution in [0.4, 0.5) is 4.79 Å². The average molecular weight is 399 g/mol. The van der Waals surface area contributed by atoms with Crippen molar-refractivity contribution in [2.24, 2.45) is 5.92 Å². The van der Waals surface area contributed by atoms with Crippen molar-refractivity contribution in [1.82, 2.24) is 9.88 Å². The van der Waals surface area contributed by atoms with Gasteiger partial charge in [-0.2, -0.15) is 0 Å². The highest BCUT2D eigenvalue weighted by Crippen LogP contribution is 2.40. The van der Waals surface area contributed by atoms with Crippen molar-refractivity contribution in [1.29, 1.82) is 0 Å². The largest absolute Gasteiger partial charge is 0.450 e. The fraction of sp³-hybridized carbons (Fsp3) is 0.391. The van der Waals surface area contributed by atoms with Gasteiger partial charge in [0.05, 0.1) is 6.61 Å². The lowest BCUT2D eigenvalue weighted by Crippen LogP contribution is -2.40. The van der Waals surface area contributed by atoms with E-state index < -0.39 is 0 Å². The van der Waals surface area contributed by atoms with Gasteiger partial charge in [-0.1, -0.05) is 35.9 Å². The van der Waals surface area contributed by atoms with Crippen molar-refractivity contribution in [3.8, 4) is 0 Å². The molecule has 1 unspecified atom stereocenters. The lowest BCUT2D eigenvalue weighted by Gasteiger charge is -2.36. The summed E-state index contributed by atoms with van der Waals surface area (Å²) in [5, 5.41) is 0.707. The summed E-state index contributed by atoms with van der Waals surface area (Å²) in [7, 11) is 0. The Kier molecular flexibility index (Phi) is 6.74. The minimum atomic E-state index is -0.218. The maximum absolute atomic E-state index is 12.1. The molecule has 0 bridgehead atoms. The monoisotopic (exact) mass is 398 g/mol. The van der Waals surface area contributed by atoms with Gasteiger partial charge in [-0.15, -0.1) is 0 Å². The number of aromatic nitrogens is 1. The number of rotatable bonds is 5. The van der Waals surface area contributed by atoms with Gasteiger partial charge in [0.25, 0.3) is 0 Å². The number of benzene rings is 1. The predicted molar refractivity (Wildman–Crippen MR) is 114 cm³/mol. The minimum absolute atomic E-state index is 0.134. The van der Waals surface area contributed by atoms with Crippen LogP contribution < -0.4 is 0 Å². The molecule has 0 radical (unpaired) electrons. The first kappa shape index (κ1) is 20.4. The molecular weight excluding hydrogens is 372 g/mol. The summed E-state index contributed by atoms with van der Waals surface area (Å²) in [6.07, 6.45) is 3.42. The fourth-order valence-electron chi connectivity index (χ4n) is 4.01. The smallest absolute Gasteiger partial charge is 0.409 e. The van der Waals surface area contributed by atoms with Gasteiger partial charge in [0.2, 0.25) is 0 Å². The van der Waals surface area contributed by atoms with E-state index in [4.69, 9.17) is 16.3 Å². The van der Waals surface area contributed by atoms with Crippen LogP contribution in [-0.2, 0) is 4.74 Å². The number of hydrogen-bond donors (Lipinski definition) is 0. The van der Waals surface area contributed by atoms with E-state index in [1.807, 2.05) is 44.3 Å². The molecule has 2 aromatic rings. The van der Waals surface area contributed by atoms with Crippen molar-refractivity contribution in [2.75, 3.05) is 19.7 Å². The number of likely N-dealkylation sites (tertiary alicyclic amines) is 1. The van der Waals surface area contributed by atoms with Crippen LogP contribution >= 0.6 is 11.6 Å². The highest BCUT2D eigenvalue weighted by molar-refractivity contribution is 6.30. The molecule has 2 heterocycles. The third kappa shape index (κ3) is 4.56. The van der Waals surface area contributed by atoms with Gasteiger partial charge in [0.1, 0.15) is 0 Å². The van der Waals surface area contributed by atoms with Crippen molar-refractivity contribution >= 4 is 23.3 Å². The van der Waals surface area contributed by atoms with E-state index in [2.05, 4.69) is 23.7 Å². The van der Waals surface area contributed by atoms with Crippen LogP contribution in [-0.4, -0.2) is 35.7 Å². The standard InChI is InChI=1S/C23H27ClN2O2/c1-4-28-23(27)26-13-10-17(11-14-26)22(21-7-5-6-12-25-21)19-9-8-18(24)15-20(19)16(2)3/h5-9,12,15,17,22H,2,4,10-11,13-14H2,1,3H3. The van der Waals surface area contributed by atoms with Crippen LogP contribution in [0.2, 0.25) is 5.02 Å². The Morgan fingerprint density at radius 2 is 2.07 bits per heavy atom. The molecule has 0 N–H and O–H groups in total. The molecule has 1 atom stereocenters. The second kappa shape index (κ2) is 9.24. The summed E-state index contributed by atoms with van der Waals surface area (Å²) in [5.74, 6) is 0.509. The van der Waals surface area contributed by atoms with Crippen molar-refractivity contribution in [3.05, 3.63) is 71.0 Å². The molecular formula is C23H27ClN2O2. The summed E-state index contributed by atoms with van der Waals surface area (Å²) < 4.78 is 5.16. The number of piperidine rings is 1. The Labute approximate surface area is 172 Å². The fourth-order valence-corrected chi connectivity index (χ4v) is 4.19. The number of hydrogen-bond acceptors (Lipinski definition) is 3. The molecule has 0 spiro atoms. The molecule has 1 amide bonds. The maximum Gasteiger partial charge on any atom is 0.409 e. The van der Waals surface area contributed by atoms with E-state index in [0.29, 0.717) is 30.6 Å². The van der Waals surface area contributed by atoms with Gasteiger partial charge < -0.3 is 9.64 Å². The number of carbonyl (C=O) groups excluding carboxylic acids is 1. The summed E-state index contributed by atoms with van der Waals surface area (Å²) in [6.45, 7) is 9.80. The van der Waals surface area contributed by atoms with E-state index >= 15 is 0 Å². The molecule has 1 aliphatic heterocycles. The molecule has 148 valence electrons. The van der Waals surface area contributed by atoms with Gasteiger partial charge in [-0.05, 0) is 68.0 Å². The SMILES string of the molecule is C=C(C)c1cc(Cl)ccc1C(c1ccccn1)C1CCN(C(=O)OCC)CC1. The first-order chi connectivity index (χ1) is 13.5. The molecule has 0 aliphatic carbocycles. The third-order valence-electron chi connectivity index (χ3n) is 5.35. The summed E-state index contributed by atoms with van der Waals surface area (Å²) in [5.41, 5.74) is 4.31. The first-order valence-electron chi connectivity index (χ1n) is 9.79. The van der Waals surface area contributed by atoms with E-state index in [1.54, 1.807) is 4.90 Å². The zero-order valence-electron chi connectivity index (χ0n) is 16.5. The molecule has 5 heteroatoms. The summed E-state index contributed by atoms with van der Waals surface area (Å²) in [6, 6.07) is 12.1. The van der Waals surface area contributed by atoms with Crippen LogP contribution in [0.3, 0.4) is 0 Å². The molecule has 28 heavy (non-hydrogen) atoms. The molecule has 1 saturated heterocycles. The molecule has 1 fully saturated rings. The van der Waals surface area contributed by atoms with Crippen LogP contribution in [0.1, 0.15) is 49.4 Å².